The Hall–Kier alpha value is -3.19. The van der Waals surface area contributed by atoms with E-state index in [0.29, 0.717) is 16.1 Å². The number of hydrogen-bond donors (Lipinski definition) is 2. The summed E-state index contributed by atoms with van der Waals surface area (Å²) in [6.07, 6.45) is 0. The van der Waals surface area contributed by atoms with E-state index in [0.717, 1.165) is 5.56 Å². The fourth-order valence-corrected chi connectivity index (χ4v) is 2.90. The summed E-state index contributed by atoms with van der Waals surface area (Å²) >= 11 is 5.95. The zero-order chi connectivity index (χ0) is 21.7. The average Bonchev–Trinajstić information content (AvgIpc) is 3.21. The van der Waals surface area contributed by atoms with Gasteiger partial charge in [-0.25, -0.2) is 0 Å². The van der Waals surface area contributed by atoms with E-state index in [1.807, 2.05) is 12.1 Å². The molecular weight excluding hydrogens is 404 g/mol. The number of carbonyl (C=O) groups is 2. The minimum Gasteiger partial charge on any atom is -0.350 e. The van der Waals surface area contributed by atoms with Crippen LogP contribution in [0, 0.1) is 0 Å². The van der Waals surface area contributed by atoms with E-state index in [9.17, 15) is 9.59 Å². The number of nitrogens with zero attached hydrogens (tertiary/aromatic N) is 2. The van der Waals surface area contributed by atoms with Crippen molar-refractivity contribution in [3.8, 4) is 11.4 Å². The van der Waals surface area contributed by atoms with Crippen LogP contribution in [0.25, 0.3) is 11.4 Å². The Morgan fingerprint density at radius 1 is 1.00 bits per heavy atom. The van der Waals surface area contributed by atoms with Crippen LogP contribution in [0.2, 0.25) is 5.02 Å². The average molecular weight is 427 g/mol. The molecule has 0 aliphatic heterocycles. The first kappa shape index (κ1) is 21.5. The van der Waals surface area contributed by atoms with Crippen LogP contribution in [0.5, 0.6) is 0 Å². The van der Waals surface area contributed by atoms with Gasteiger partial charge in [0.2, 0.25) is 5.82 Å². The molecule has 8 heteroatoms. The summed E-state index contributed by atoms with van der Waals surface area (Å²) in [6.45, 7) is 6.84. The molecule has 1 aromatic heterocycles. The van der Waals surface area contributed by atoms with Crippen LogP contribution in [0.3, 0.4) is 0 Å². The summed E-state index contributed by atoms with van der Waals surface area (Å²) in [7, 11) is 0. The summed E-state index contributed by atoms with van der Waals surface area (Å²) < 4.78 is 5.00. The Kier molecular flexibility index (Phi) is 6.52. The Morgan fingerprint density at radius 3 is 2.30 bits per heavy atom. The van der Waals surface area contributed by atoms with Crippen molar-refractivity contribution in [3.05, 3.63) is 70.6 Å². The SMILES string of the molecule is CC(C)(C)c1ccc(C(=O)NCCNC(=O)c2nc(-c3cccc(Cl)c3)no2)cc1. The number of halogens is 1. The van der Waals surface area contributed by atoms with Crippen LogP contribution in [0.1, 0.15) is 47.4 Å². The van der Waals surface area contributed by atoms with Crippen LogP contribution in [0.15, 0.2) is 53.1 Å². The van der Waals surface area contributed by atoms with E-state index >= 15 is 0 Å². The summed E-state index contributed by atoms with van der Waals surface area (Å²) in [5.41, 5.74) is 2.40. The van der Waals surface area contributed by atoms with Crippen LogP contribution in [-0.2, 0) is 5.41 Å². The maximum atomic E-state index is 12.2. The van der Waals surface area contributed by atoms with Crippen molar-refractivity contribution in [1.82, 2.24) is 20.8 Å². The molecule has 0 saturated carbocycles. The van der Waals surface area contributed by atoms with Crippen molar-refractivity contribution < 1.29 is 14.1 Å². The molecule has 0 unspecified atom stereocenters. The molecule has 0 atom stereocenters. The topological polar surface area (TPSA) is 97.1 Å². The molecule has 7 nitrogen and oxygen atoms in total. The summed E-state index contributed by atoms with van der Waals surface area (Å²) in [6, 6.07) is 14.4. The predicted molar refractivity (Wildman–Crippen MR) is 115 cm³/mol. The van der Waals surface area contributed by atoms with Crippen molar-refractivity contribution in [1.29, 1.82) is 0 Å². The minimum absolute atomic E-state index is 0.0284. The van der Waals surface area contributed by atoms with Gasteiger partial charge in [-0.1, -0.05) is 61.8 Å². The molecule has 2 amide bonds. The second-order valence-corrected chi connectivity index (χ2v) is 8.21. The molecule has 156 valence electrons. The van der Waals surface area contributed by atoms with Crippen LogP contribution in [0.4, 0.5) is 0 Å². The molecule has 3 aromatic rings. The zero-order valence-electron chi connectivity index (χ0n) is 17.0. The molecule has 1 heterocycles. The third-order valence-corrected chi connectivity index (χ3v) is 4.65. The van der Waals surface area contributed by atoms with E-state index in [1.54, 1.807) is 36.4 Å². The molecule has 0 spiro atoms. The molecule has 2 N–H and O–H groups in total. The van der Waals surface area contributed by atoms with E-state index in [-0.39, 0.29) is 36.1 Å². The molecule has 0 saturated heterocycles. The Bertz CT molecular complexity index is 1040. The molecular formula is C22H23ClN4O3. The van der Waals surface area contributed by atoms with Crippen molar-refractivity contribution in [2.75, 3.05) is 13.1 Å². The second-order valence-electron chi connectivity index (χ2n) is 7.77. The van der Waals surface area contributed by atoms with Gasteiger partial charge in [0.15, 0.2) is 0 Å². The maximum Gasteiger partial charge on any atom is 0.316 e. The first-order valence-corrected chi connectivity index (χ1v) is 9.88. The highest BCUT2D eigenvalue weighted by Crippen LogP contribution is 2.22. The molecule has 0 bridgehead atoms. The number of aromatic nitrogens is 2. The normalized spacial score (nSPS) is 11.2. The third kappa shape index (κ3) is 5.45. The number of carbonyl (C=O) groups excluding carboxylic acids is 2. The highest BCUT2D eigenvalue weighted by molar-refractivity contribution is 6.30. The van der Waals surface area contributed by atoms with Crippen molar-refractivity contribution in [2.24, 2.45) is 0 Å². The van der Waals surface area contributed by atoms with Gasteiger partial charge in [0, 0.05) is 29.2 Å². The predicted octanol–water partition coefficient (Wildman–Crippen LogP) is 3.85. The molecule has 0 aliphatic carbocycles. The third-order valence-electron chi connectivity index (χ3n) is 4.41. The van der Waals surface area contributed by atoms with Crippen molar-refractivity contribution in [2.45, 2.75) is 26.2 Å². The van der Waals surface area contributed by atoms with E-state index in [2.05, 4.69) is 41.5 Å². The zero-order valence-corrected chi connectivity index (χ0v) is 17.8. The molecule has 3 rings (SSSR count). The van der Waals surface area contributed by atoms with Crippen LogP contribution in [-0.4, -0.2) is 35.0 Å². The van der Waals surface area contributed by atoms with Gasteiger partial charge in [-0.05, 0) is 35.2 Å². The monoisotopic (exact) mass is 426 g/mol. The lowest BCUT2D eigenvalue weighted by Gasteiger charge is -2.19. The number of rotatable bonds is 6. The summed E-state index contributed by atoms with van der Waals surface area (Å²) in [5.74, 6) is -0.603. The Labute approximate surface area is 179 Å². The van der Waals surface area contributed by atoms with Gasteiger partial charge in [0.1, 0.15) is 0 Å². The highest BCUT2D eigenvalue weighted by atomic mass is 35.5. The van der Waals surface area contributed by atoms with Gasteiger partial charge >= 0.3 is 11.8 Å². The van der Waals surface area contributed by atoms with Gasteiger partial charge in [0.05, 0.1) is 0 Å². The van der Waals surface area contributed by atoms with E-state index < -0.39 is 5.91 Å². The number of benzene rings is 2. The number of amides is 2. The summed E-state index contributed by atoms with van der Waals surface area (Å²) in [4.78, 5) is 28.5. The van der Waals surface area contributed by atoms with Crippen LogP contribution >= 0.6 is 11.6 Å². The number of nitrogens with one attached hydrogen (secondary N) is 2. The Balaban J connectivity index is 1.47. The first-order chi connectivity index (χ1) is 14.2. The molecule has 0 radical (unpaired) electrons. The van der Waals surface area contributed by atoms with Gasteiger partial charge in [-0.3, -0.25) is 9.59 Å². The van der Waals surface area contributed by atoms with Gasteiger partial charge in [0.25, 0.3) is 5.91 Å². The molecule has 0 fully saturated rings. The quantitative estimate of drug-likeness (QED) is 0.583. The molecule has 0 aliphatic rings. The van der Waals surface area contributed by atoms with Crippen molar-refractivity contribution in [3.63, 3.8) is 0 Å². The standard InChI is InChI=1S/C22H23ClN4O3/c1-22(2,3)16-9-7-14(8-10-16)19(28)24-11-12-25-20(29)21-26-18(27-30-21)15-5-4-6-17(23)13-15/h4-10,13H,11-12H2,1-3H3,(H,24,28)(H,25,29). The fourth-order valence-electron chi connectivity index (χ4n) is 2.71. The van der Waals surface area contributed by atoms with E-state index in [1.165, 1.54) is 0 Å². The lowest BCUT2D eigenvalue weighted by atomic mass is 9.87. The first-order valence-electron chi connectivity index (χ1n) is 9.50. The fraction of sp³-hybridized carbons (Fsp3) is 0.273. The molecule has 30 heavy (non-hydrogen) atoms. The van der Waals surface area contributed by atoms with Crippen LogP contribution < -0.4 is 10.6 Å². The lowest BCUT2D eigenvalue weighted by Crippen LogP contribution is -2.34. The molecule has 2 aromatic carbocycles. The second kappa shape index (κ2) is 9.09. The smallest absolute Gasteiger partial charge is 0.316 e. The number of hydrogen-bond acceptors (Lipinski definition) is 5. The van der Waals surface area contributed by atoms with Gasteiger partial charge in [-0.2, -0.15) is 4.98 Å². The lowest BCUT2D eigenvalue weighted by molar-refractivity contribution is 0.0898. The Morgan fingerprint density at radius 2 is 1.67 bits per heavy atom. The van der Waals surface area contributed by atoms with Crippen molar-refractivity contribution >= 4 is 23.4 Å². The summed E-state index contributed by atoms with van der Waals surface area (Å²) in [5, 5.41) is 9.73. The highest BCUT2D eigenvalue weighted by Gasteiger charge is 2.17. The minimum atomic E-state index is -0.514. The maximum absolute atomic E-state index is 12.2. The van der Waals surface area contributed by atoms with Gasteiger partial charge < -0.3 is 15.2 Å². The van der Waals surface area contributed by atoms with E-state index in [4.69, 9.17) is 16.1 Å². The van der Waals surface area contributed by atoms with Gasteiger partial charge in [-0.15, -0.1) is 0 Å². The largest absolute Gasteiger partial charge is 0.350 e.